The first-order valence-electron chi connectivity index (χ1n) is 46.3. The van der Waals surface area contributed by atoms with Crippen molar-refractivity contribution in [1.29, 1.82) is 0 Å². The summed E-state index contributed by atoms with van der Waals surface area (Å²) in [6.45, 7) is 12.3. The molecule has 0 aliphatic carbocycles. The molecule has 0 bridgehead atoms. The SMILES string of the molecule is [2H]c1c([2H])c([2H])c(-c2ccc3c(c2)N(c2ccccc2-c2nc(-c4ccccc4)nc(-c4ccccc4)n2)c2cc(-n4c5c([2H])c([2H])c([2H])c([2H])c5c5c([2H])c([2H])c([2H])c([2H])c54)cc4c2B3c2ccc(-c3cc(C(C)(C)C)cc(C(C)(C)C)c3)cc2N4c2c(-c3nc(-c4ccccc4)nc(-c4ccccc4)n3)cccc2-c2nc(-c3ccccc3)nc(-c3ccccc3)n2)c([2H])c1[2H]. The van der Waals surface area contributed by atoms with Crippen molar-refractivity contribution in [3.63, 3.8) is 0 Å². The van der Waals surface area contributed by atoms with Gasteiger partial charge in [0.05, 0.1) is 45.9 Å². The van der Waals surface area contributed by atoms with Crippen molar-refractivity contribution in [2.75, 3.05) is 9.80 Å². The summed E-state index contributed by atoms with van der Waals surface area (Å²) in [5, 5.41) is -0.344. The summed E-state index contributed by atoms with van der Waals surface area (Å²) in [4.78, 5) is 53.2. The van der Waals surface area contributed by atoms with Gasteiger partial charge in [0.15, 0.2) is 52.4 Å². The number of rotatable bonds is 14. The van der Waals surface area contributed by atoms with Gasteiger partial charge in [0.2, 0.25) is 0 Å². The van der Waals surface area contributed by atoms with Crippen LogP contribution in [0.3, 0.4) is 0 Å². The van der Waals surface area contributed by atoms with Crippen molar-refractivity contribution >= 4 is 79.0 Å². The molecule has 13 heteroatoms. The van der Waals surface area contributed by atoms with Gasteiger partial charge < -0.3 is 14.4 Å². The normalized spacial score (nSPS) is 13.9. The Labute approximate surface area is 716 Å². The van der Waals surface area contributed by atoms with Crippen LogP contribution >= 0.6 is 0 Å². The molecule has 0 amide bonds. The number of benzene rings is 15. The van der Waals surface area contributed by atoms with Crippen LogP contribution in [0.25, 0.3) is 152 Å². The maximum Gasteiger partial charge on any atom is 0.252 e. The van der Waals surface area contributed by atoms with E-state index in [0.29, 0.717) is 136 Å². The zero-order valence-corrected chi connectivity index (χ0v) is 66.2. The summed E-state index contributed by atoms with van der Waals surface area (Å²) in [5.74, 6) is 2.69. The molecule has 12 nitrogen and oxygen atoms in total. The Morgan fingerprint density at radius 1 is 0.258 bits per heavy atom. The average molecular weight is 1560 g/mol. The average Bonchev–Trinajstić information content (AvgIpc) is 1.68. The van der Waals surface area contributed by atoms with E-state index in [1.807, 2.05) is 254 Å². The van der Waals surface area contributed by atoms with Gasteiger partial charge in [-0.2, -0.15) is 0 Å². The zero-order chi connectivity index (χ0) is 92.1. The molecule has 4 aromatic heterocycles. The molecule has 0 unspecified atom stereocenters. The first-order valence-corrected chi connectivity index (χ1v) is 39.8. The molecule has 21 rings (SSSR count). The molecule has 0 radical (unpaired) electrons. The van der Waals surface area contributed by atoms with E-state index in [9.17, 15) is 16.4 Å². The maximum absolute atomic E-state index is 10.3. The molecule has 570 valence electrons. The molecule has 2 aliphatic heterocycles. The van der Waals surface area contributed by atoms with Crippen molar-refractivity contribution < 1.29 is 17.8 Å². The Morgan fingerprint density at radius 3 is 1.02 bits per heavy atom. The van der Waals surface area contributed by atoms with E-state index in [-0.39, 0.29) is 66.9 Å². The van der Waals surface area contributed by atoms with Crippen molar-refractivity contribution in [2.45, 2.75) is 52.4 Å². The van der Waals surface area contributed by atoms with E-state index in [1.165, 1.54) is 4.57 Å². The predicted octanol–water partition coefficient (Wildman–Crippen LogP) is 24.4. The van der Waals surface area contributed by atoms with E-state index in [2.05, 4.69) is 82.8 Å². The van der Waals surface area contributed by atoms with Crippen LogP contribution in [0.15, 0.2) is 370 Å². The third-order valence-corrected chi connectivity index (χ3v) is 22.4. The van der Waals surface area contributed by atoms with Crippen LogP contribution in [0.1, 0.15) is 70.5 Å². The fraction of sp³-hybridized carbons (Fsp3) is 0.0748. The molecule has 0 saturated heterocycles. The van der Waals surface area contributed by atoms with Gasteiger partial charge in [-0.1, -0.05) is 351 Å². The Kier molecular flexibility index (Phi) is 14.6. The number of hydrogen-bond donors (Lipinski definition) is 0. The number of para-hydroxylation sites is 4. The first-order chi connectivity index (χ1) is 64.1. The summed E-state index contributed by atoms with van der Waals surface area (Å²) in [6.07, 6.45) is 0. The van der Waals surface area contributed by atoms with E-state index in [4.69, 9.17) is 46.2 Å². The van der Waals surface area contributed by atoms with Crippen molar-refractivity contribution in [2.24, 2.45) is 0 Å². The fourth-order valence-electron chi connectivity index (χ4n) is 16.5. The first kappa shape index (κ1) is 59.5. The molecular weight excluding hydrogens is 1460 g/mol. The van der Waals surface area contributed by atoms with Crippen molar-refractivity contribution in [3.05, 3.63) is 381 Å². The second kappa shape index (κ2) is 29.5. The quantitative estimate of drug-likeness (QED) is 0.0966. The highest BCUT2D eigenvalue weighted by Crippen LogP contribution is 2.53. The zero-order valence-electron chi connectivity index (χ0n) is 79.2. The van der Waals surface area contributed by atoms with E-state index in [0.717, 1.165) is 22.3 Å². The predicted molar refractivity (Wildman–Crippen MR) is 492 cm³/mol. The number of anilines is 6. The number of hydrogen-bond acceptors (Lipinski definition) is 11. The minimum absolute atomic E-state index is 0.0854. The summed E-state index contributed by atoms with van der Waals surface area (Å²) in [5.41, 5.74) is 13.0. The van der Waals surface area contributed by atoms with E-state index in [1.54, 1.807) is 6.07 Å². The van der Waals surface area contributed by atoms with Gasteiger partial charge in [0, 0.05) is 83.6 Å². The molecule has 0 fully saturated rings. The lowest BCUT2D eigenvalue weighted by molar-refractivity contribution is 0.569. The Bertz CT molecular complexity index is 7570. The van der Waals surface area contributed by atoms with Crippen LogP contribution in [-0.4, -0.2) is 56.1 Å². The standard InChI is InChI=1S/C107H79BN12/c1-106(2,3)78-61-77(62-79(65-78)107(4,5)6)76-58-60-87-92(64-76)120(96-84(104-114-99(71-41-20-10-21-42-71)110-100(115-104)72-43-22-11-23-44-72)52-34-53-85(96)105-116-101(73-45-24-12-25-46-73)111-102(117-105)74-47-26-13-27-48-74)94-67-80(118-88-54-31-28-49-81(88)82-50-29-32-55-89(82)118)66-93-95(94)108(87)86-59-57-75(68-35-14-7-15-36-68)63-91(86)119(93)90-56-33-30-51-83(90)103-112-97(69-37-16-8-17-38-69)109-98(113-103)70-39-18-9-19-40-70/h7-67H,1-6H3/i7D,14D,15D,28D,29D,31D,32D,35D,36D,49D,50D,54D,55D. The van der Waals surface area contributed by atoms with Crippen LogP contribution in [0, 0.1) is 0 Å². The van der Waals surface area contributed by atoms with E-state index < -0.39 is 85.3 Å². The lowest BCUT2D eigenvalue weighted by Crippen LogP contribution is -2.61. The summed E-state index contributed by atoms with van der Waals surface area (Å²) in [6, 6.07) is 86.6. The van der Waals surface area contributed by atoms with Crippen LogP contribution in [-0.2, 0) is 10.8 Å². The van der Waals surface area contributed by atoms with Crippen LogP contribution in [0.4, 0.5) is 34.1 Å². The molecule has 6 heterocycles. The van der Waals surface area contributed by atoms with Gasteiger partial charge in [-0.15, -0.1) is 0 Å². The molecule has 0 atom stereocenters. The number of fused-ring (bicyclic) bond motifs is 7. The van der Waals surface area contributed by atoms with Crippen LogP contribution in [0.2, 0.25) is 0 Å². The van der Waals surface area contributed by atoms with E-state index >= 15 is 0 Å². The summed E-state index contributed by atoms with van der Waals surface area (Å²) >= 11 is 0. The number of aromatic nitrogens is 10. The third kappa shape index (κ3) is 13.0. The molecular formula is C107H79BN12. The largest absolute Gasteiger partial charge is 0.311 e. The van der Waals surface area contributed by atoms with Crippen LogP contribution in [0.5, 0.6) is 0 Å². The van der Waals surface area contributed by atoms with Gasteiger partial charge in [-0.05, 0) is 121 Å². The molecule has 0 N–H and O–H groups in total. The van der Waals surface area contributed by atoms with Crippen molar-refractivity contribution in [3.8, 4) is 130 Å². The maximum atomic E-state index is 10.3. The Morgan fingerprint density at radius 2 is 0.600 bits per heavy atom. The molecule has 15 aromatic carbocycles. The summed E-state index contributed by atoms with van der Waals surface area (Å²) in [7, 11) is 0. The molecule has 19 aromatic rings. The second-order valence-electron chi connectivity index (χ2n) is 32.0. The molecule has 0 spiro atoms. The second-order valence-corrected chi connectivity index (χ2v) is 32.0. The van der Waals surface area contributed by atoms with Gasteiger partial charge in [-0.25, -0.2) is 44.9 Å². The molecule has 0 saturated carbocycles. The third-order valence-electron chi connectivity index (χ3n) is 22.4. The van der Waals surface area contributed by atoms with Gasteiger partial charge in [-0.3, -0.25) is 0 Å². The lowest BCUT2D eigenvalue weighted by Gasteiger charge is -2.45. The lowest BCUT2D eigenvalue weighted by atomic mass is 9.33. The highest BCUT2D eigenvalue weighted by Gasteiger charge is 2.46. The fourth-order valence-corrected chi connectivity index (χ4v) is 16.5. The van der Waals surface area contributed by atoms with Crippen LogP contribution < -0.4 is 26.2 Å². The highest BCUT2D eigenvalue weighted by molar-refractivity contribution is 7.00. The van der Waals surface area contributed by atoms with Gasteiger partial charge in [0.1, 0.15) is 0 Å². The van der Waals surface area contributed by atoms with Gasteiger partial charge in [0.25, 0.3) is 6.71 Å². The number of nitrogens with zero attached hydrogens (tertiary/aromatic N) is 12. The topological polar surface area (TPSA) is 127 Å². The smallest absolute Gasteiger partial charge is 0.252 e. The monoisotopic (exact) mass is 1560 g/mol. The highest BCUT2D eigenvalue weighted by atomic mass is 15.2. The molecule has 120 heavy (non-hydrogen) atoms. The Balaban J connectivity index is 0.990. The molecule has 2 aliphatic rings. The Hall–Kier alpha value is -15.2. The minimum atomic E-state index is -0.897. The minimum Gasteiger partial charge on any atom is -0.311 e. The summed E-state index contributed by atoms with van der Waals surface area (Å²) < 4.78 is 127. The van der Waals surface area contributed by atoms with Crippen molar-refractivity contribution in [1.82, 2.24) is 49.4 Å². The van der Waals surface area contributed by atoms with Gasteiger partial charge >= 0.3 is 0 Å².